The molecule has 4 unspecified atom stereocenters. The molecule has 2 rings (SSSR count). The largest absolute Gasteiger partial charge is 0.379 e. The average molecular weight is 470 g/mol. The Morgan fingerprint density at radius 2 is 2.21 bits per heavy atom. The minimum atomic E-state index is 0. The second-order valence-corrected chi connectivity index (χ2v) is 8.27. The predicted octanol–water partition coefficient (Wildman–Crippen LogP) is 2.55. The molecule has 0 aromatic heterocycles. The van der Waals surface area contributed by atoms with Crippen molar-refractivity contribution >= 4 is 41.7 Å². The van der Waals surface area contributed by atoms with Crippen molar-refractivity contribution in [3.63, 3.8) is 0 Å². The molecule has 0 spiro atoms. The first kappa shape index (κ1) is 22.3. The standard InChI is InChI=1S/C17H34N4OS.HI/c1-5-23-16-7-6-15(10-16)20-17(18-4)19-11-13(2)21-8-9-22-12-14(21)3;/h13-16H,5-12H2,1-4H3,(H2,18,19,20);1H. The van der Waals surface area contributed by atoms with Crippen LogP contribution in [0, 0.1) is 0 Å². The van der Waals surface area contributed by atoms with Crippen LogP contribution in [0.25, 0.3) is 0 Å². The molecular formula is C17H35IN4OS. The Morgan fingerprint density at radius 1 is 1.42 bits per heavy atom. The van der Waals surface area contributed by atoms with E-state index in [2.05, 4.69) is 53.1 Å². The van der Waals surface area contributed by atoms with Crippen molar-refractivity contribution in [3.8, 4) is 0 Å². The highest BCUT2D eigenvalue weighted by Gasteiger charge is 2.26. The van der Waals surface area contributed by atoms with Gasteiger partial charge in [-0.3, -0.25) is 9.89 Å². The summed E-state index contributed by atoms with van der Waals surface area (Å²) in [5.41, 5.74) is 0. The van der Waals surface area contributed by atoms with Gasteiger partial charge in [-0.15, -0.1) is 24.0 Å². The minimum Gasteiger partial charge on any atom is -0.379 e. The number of nitrogens with one attached hydrogen (secondary N) is 2. The highest BCUT2D eigenvalue weighted by atomic mass is 127. The molecule has 7 heteroatoms. The van der Waals surface area contributed by atoms with Crippen LogP contribution in [0.3, 0.4) is 0 Å². The van der Waals surface area contributed by atoms with E-state index in [1.165, 1.54) is 25.0 Å². The molecule has 1 aliphatic heterocycles. The lowest BCUT2D eigenvalue weighted by atomic mass is 10.2. The van der Waals surface area contributed by atoms with Gasteiger partial charge in [0, 0.05) is 43.5 Å². The van der Waals surface area contributed by atoms with Crippen molar-refractivity contribution in [2.45, 2.75) is 63.4 Å². The summed E-state index contributed by atoms with van der Waals surface area (Å²) in [7, 11) is 1.87. The van der Waals surface area contributed by atoms with Gasteiger partial charge in [-0.05, 0) is 38.9 Å². The van der Waals surface area contributed by atoms with Crippen molar-refractivity contribution in [2.75, 3.05) is 39.1 Å². The van der Waals surface area contributed by atoms with Gasteiger partial charge in [-0.25, -0.2) is 0 Å². The van der Waals surface area contributed by atoms with Crippen LogP contribution in [0.4, 0.5) is 0 Å². The third-order valence-corrected chi connectivity index (χ3v) is 6.13. The van der Waals surface area contributed by atoms with Gasteiger partial charge in [0.05, 0.1) is 13.2 Å². The van der Waals surface area contributed by atoms with Crippen LogP contribution in [-0.2, 0) is 4.74 Å². The van der Waals surface area contributed by atoms with E-state index in [1.54, 1.807) is 0 Å². The maximum absolute atomic E-state index is 5.53. The van der Waals surface area contributed by atoms with Crippen molar-refractivity contribution in [1.82, 2.24) is 15.5 Å². The number of guanidine groups is 1. The molecule has 142 valence electrons. The lowest BCUT2D eigenvalue weighted by Crippen LogP contribution is -2.53. The monoisotopic (exact) mass is 470 g/mol. The lowest BCUT2D eigenvalue weighted by molar-refractivity contribution is -0.0174. The van der Waals surface area contributed by atoms with Crippen molar-refractivity contribution in [1.29, 1.82) is 0 Å². The van der Waals surface area contributed by atoms with Gasteiger partial charge in [0.2, 0.25) is 0 Å². The molecule has 2 N–H and O–H groups in total. The summed E-state index contributed by atoms with van der Waals surface area (Å²) < 4.78 is 5.53. The molecule has 5 nitrogen and oxygen atoms in total. The van der Waals surface area contributed by atoms with Crippen LogP contribution >= 0.6 is 35.7 Å². The molecule has 1 heterocycles. The summed E-state index contributed by atoms with van der Waals surface area (Å²) in [5, 5.41) is 7.94. The molecule has 24 heavy (non-hydrogen) atoms. The van der Waals surface area contributed by atoms with Crippen LogP contribution in [-0.4, -0.2) is 73.3 Å². The number of rotatable bonds is 6. The number of thioether (sulfide) groups is 1. The van der Waals surface area contributed by atoms with Crippen molar-refractivity contribution in [2.24, 2.45) is 4.99 Å². The van der Waals surface area contributed by atoms with Crippen LogP contribution in [0.2, 0.25) is 0 Å². The molecule has 0 radical (unpaired) electrons. The summed E-state index contributed by atoms with van der Waals surface area (Å²) in [6.07, 6.45) is 3.85. The zero-order chi connectivity index (χ0) is 16.7. The van der Waals surface area contributed by atoms with E-state index < -0.39 is 0 Å². The summed E-state index contributed by atoms with van der Waals surface area (Å²) in [6, 6.07) is 1.56. The number of hydrogen-bond donors (Lipinski definition) is 2. The Hall–Kier alpha value is 0.270. The molecule has 0 aromatic carbocycles. The minimum absolute atomic E-state index is 0. The summed E-state index contributed by atoms with van der Waals surface area (Å²) in [4.78, 5) is 6.92. The van der Waals surface area contributed by atoms with E-state index in [4.69, 9.17) is 4.74 Å². The van der Waals surface area contributed by atoms with Gasteiger partial charge >= 0.3 is 0 Å². The summed E-state index contributed by atoms with van der Waals surface area (Å²) in [6.45, 7) is 10.4. The van der Waals surface area contributed by atoms with E-state index in [-0.39, 0.29) is 24.0 Å². The third-order valence-electron chi connectivity index (χ3n) is 4.90. The normalized spacial score (nSPS) is 29.8. The van der Waals surface area contributed by atoms with Crippen LogP contribution in [0.5, 0.6) is 0 Å². The fourth-order valence-electron chi connectivity index (χ4n) is 3.60. The molecule has 1 saturated carbocycles. The van der Waals surface area contributed by atoms with E-state index >= 15 is 0 Å². The lowest BCUT2D eigenvalue weighted by Gasteiger charge is -2.38. The molecule has 2 fully saturated rings. The molecular weight excluding hydrogens is 435 g/mol. The maximum atomic E-state index is 5.53. The molecule has 1 aliphatic carbocycles. The molecule has 0 aromatic rings. The second kappa shape index (κ2) is 11.8. The molecule has 4 atom stereocenters. The number of aliphatic imine (C=N–C) groups is 1. The molecule has 1 saturated heterocycles. The van der Waals surface area contributed by atoms with E-state index in [0.717, 1.165) is 37.5 Å². The van der Waals surface area contributed by atoms with Gasteiger partial charge in [0.25, 0.3) is 0 Å². The zero-order valence-corrected chi connectivity index (χ0v) is 18.7. The van der Waals surface area contributed by atoms with E-state index in [9.17, 15) is 0 Å². The Bertz CT molecular complexity index is 386. The van der Waals surface area contributed by atoms with Gasteiger partial charge in [-0.2, -0.15) is 11.8 Å². The fourth-order valence-corrected chi connectivity index (χ4v) is 4.75. The van der Waals surface area contributed by atoms with Crippen LogP contribution in [0.15, 0.2) is 4.99 Å². The zero-order valence-electron chi connectivity index (χ0n) is 15.6. The SMILES string of the molecule is CCSC1CCC(NC(=NC)NCC(C)N2CCOCC2C)C1.I. The van der Waals surface area contributed by atoms with E-state index in [0.29, 0.717) is 18.1 Å². The highest BCUT2D eigenvalue weighted by Crippen LogP contribution is 2.29. The first-order chi connectivity index (χ1) is 11.1. The van der Waals surface area contributed by atoms with Crippen molar-refractivity contribution < 1.29 is 4.74 Å². The topological polar surface area (TPSA) is 48.9 Å². The second-order valence-electron chi connectivity index (χ2n) is 6.70. The summed E-state index contributed by atoms with van der Waals surface area (Å²) in [5.74, 6) is 2.17. The smallest absolute Gasteiger partial charge is 0.191 e. The van der Waals surface area contributed by atoms with Crippen LogP contribution in [0.1, 0.15) is 40.0 Å². The van der Waals surface area contributed by atoms with E-state index in [1.807, 2.05) is 7.05 Å². The van der Waals surface area contributed by atoms with Gasteiger partial charge in [0.15, 0.2) is 5.96 Å². The van der Waals surface area contributed by atoms with Gasteiger partial charge in [-0.1, -0.05) is 6.92 Å². The Morgan fingerprint density at radius 3 is 2.88 bits per heavy atom. The first-order valence-electron chi connectivity index (χ1n) is 9.06. The molecule has 2 aliphatic rings. The Balaban J connectivity index is 0.00000288. The number of morpholine rings is 1. The van der Waals surface area contributed by atoms with Crippen molar-refractivity contribution in [3.05, 3.63) is 0 Å². The maximum Gasteiger partial charge on any atom is 0.191 e. The third kappa shape index (κ3) is 6.88. The number of nitrogens with zero attached hydrogens (tertiary/aromatic N) is 2. The predicted molar refractivity (Wildman–Crippen MR) is 116 cm³/mol. The van der Waals surface area contributed by atoms with Gasteiger partial charge < -0.3 is 15.4 Å². The van der Waals surface area contributed by atoms with Gasteiger partial charge in [0.1, 0.15) is 0 Å². The molecule has 0 bridgehead atoms. The number of hydrogen-bond acceptors (Lipinski definition) is 4. The quantitative estimate of drug-likeness (QED) is 0.355. The van der Waals surface area contributed by atoms with Crippen LogP contribution < -0.4 is 10.6 Å². The Kier molecular flexibility index (Phi) is 11.0. The number of ether oxygens (including phenoxy) is 1. The summed E-state index contributed by atoms with van der Waals surface area (Å²) >= 11 is 2.10. The number of halogens is 1. The molecule has 0 amide bonds. The fraction of sp³-hybridized carbons (Fsp3) is 0.941. The highest BCUT2D eigenvalue weighted by molar-refractivity contribution is 14.0. The first-order valence-corrected chi connectivity index (χ1v) is 10.1. The average Bonchev–Trinajstić information content (AvgIpc) is 2.99. The Labute approximate surface area is 169 Å².